The molecule has 142 valence electrons. The number of nitrogens with two attached hydrogens (primary N) is 1. The van der Waals surface area contributed by atoms with Crippen molar-refractivity contribution in [2.45, 2.75) is 50.7 Å². The third-order valence-corrected chi connectivity index (χ3v) is 5.85. The van der Waals surface area contributed by atoms with Gasteiger partial charge in [0.15, 0.2) is 0 Å². The summed E-state index contributed by atoms with van der Waals surface area (Å²) in [5.74, 6) is 1.56. The summed E-state index contributed by atoms with van der Waals surface area (Å²) in [6.07, 6.45) is 5.98. The molecule has 1 aromatic heterocycles. The zero-order chi connectivity index (χ0) is 18.3. The van der Waals surface area contributed by atoms with Crippen LogP contribution in [0.1, 0.15) is 37.8 Å². The summed E-state index contributed by atoms with van der Waals surface area (Å²) in [6, 6.07) is 2.22. The molecule has 1 atom stereocenters. The number of urea groups is 1. The average molecular weight is 360 g/mol. The summed E-state index contributed by atoms with van der Waals surface area (Å²) in [5.41, 5.74) is 6.02. The van der Waals surface area contributed by atoms with E-state index in [1.165, 1.54) is 31.7 Å². The Morgan fingerprint density at radius 3 is 2.69 bits per heavy atom. The second kappa shape index (κ2) is 6.90. The minimum absolute atomic E-state index is 0.0863. The van der Waals surface area contributed by atoms with Crippen LogP contribution >= 0.6 is 0 Å². The highest BCUT2D eigenvalue weighted by atomic mass is 16.2. The first-order chi connectivity index (χ1) is 12.5. The maximum Gasteiger partial charge on any atom is 0.317 e. The lowest BCUT2D eigenvalue weighted by Crippen LogP contribution is -2.46. The molecule has 2 heterocycles. The standard InChI is InChI=1S/C18H28N6O2/c1-23(9-13-8-15(25)21-17(19)20-13)14-6-7-24(10-14)18(26)22-16(11-2-3-11)12-4-5-12/h8,11-12,14,16H,2-7,9-10H2,1H3,(H,22,26)(H3,19,20,21,25)/t14-/m0/s1. The van der Waals surface area contributed by atoms with Crippen molar-refractivity contribution in [3.63, 3.8) is 0 Å². The van der Waals surface area contributed by atoms with Gasteiger partial charge in [-0.05, 0) is 51.0 Å². The molecule has 4 rings (SSSR count). The van der Waals surface area contributed by atoms with Gasteiger partial charge in [-0.3, -0.25) is 14.7 Å². The minimum atomic E-state index is -0.237. The number of hydrogen-bond donors (Lipinski definition) is 3. The van der Waals surface area contributed by atoms with Crippen LogP contribution in [0.25, 0.3) is 0 Å². The van der Waals surface area contributed by atoms with Gasteiger partial charge in [0.1, 0.15) is 0 Å². The molecule has 2 aliphatic carbocycles. The smallest absolute Gasteiger partial charge is 0.317 e. The maximum atomic E-state index is 12.7. The fraction of sp³-hybridized carbons (Fsp3) is 0.722. The monoisotopic (exact) mass is 360 g/mol. The third-order valence-electron chi connectivity index (χ3n) is 5.85. The number of carbonyl (C=O) groups excluding carboxylic acids is 1. The summed E-state index contributed by atoms with van der Waals surface area (Å²) in [7, 11) is 2.00. The van der Waals surface area contributed by atoms with Crippen molar-refractivity contribution < 1.29 is 4.79 Å². The normalized spacial score (nSPS) is 23.0. The largest absolute Gasteiger partial charge is 0.369 e. The number of rotatable bonds is 6. The molecule has 26 heavy (non-hydrogen) atoms. The highest BCUT2D eigenvalue weighted by Crippen LogP contribution is 2.44. The Balaban J connectivity index is 1.30. The number of hydrogen-bond acceptors (Lipinski definition) is 5. The SMILES string of the molecule is CN(Cc1cc(=O)[nH]c(N)n1)[C@H]1CCN(C(=O)NC(C2CC2)C2CC2)C1. The van der Waals surface area contributed by atoms with Gasteiger partial charge in [-0.2, -0.15) is 0 Å². The van der Waals surface area contributed by atoms with E-state index in [1.54, 1.807) is 0 Å². The van der Waals surface area contributed by atoms with E-state index >= 15 is 0 Å². The minimum Gasteiger partial charge on any atom is -0.369 e. The summed E-state index contributed by atoms with van der Waals surface area (Å²) < 4.78 is 0. The van der Waals surface area contributed by atoms with Crippen LogP contribution in [0, 0.1) is 11.8 Å². The van der Waals surface area contributed by atoms with Crippen LogP contribution in [0.3, 0.4) is 0 Å². The van der Waals surface area contributed by atoms with Crippen LogP contribution in [0.5, 0.6) is 0 Å². The van der Waals surface area contributed by atoms with E-state index in [-0.39, 0.29) is 23.6 Å². The Hall–Kier alpha value is -2.09. The number of nitrogens with zero attached hydrogens (tertiary/aromatic N) is 3. The van der Waals surface area contributed by atoms with Gasteiger partial charge in [-0.1, -0.05) is 0 Å². The first-order valence-corrected chi connectivity index (χ1v) is 9.61. The van der Waals surface area contributed by atoms with E-state index < -0.39 is 0 Å². The molecule has 4 N–H and O–H groups in total. The van der Waals surface area contributed by atoms with Crippen LogP contribution in [0.15, 0.2) is 10.9 Å². The Bertz CT molecular complexity index is 715. The third kappa shape index (κ3) is 4.00. The lowest BCUT2D eigenvalue weighted by molar-refractivity contribution is 0.190. The summed E-state index contributed by atoms with van der Waals surface area (Å²) in [4.78, 5) is 34.9. The van der Waals surface area contributed by atoms with Gasteiger partial charge in [0.2, 0.25) is 5.95 Å². The van der Waals surface area contributed by atoms with Crippen LogP contribution in [0.2, 0.25) is 0 Å². The molecule has 0 spiro atoms. The van der Waals surface area contributed by atoms with Gasteiger partial charge in [0, 0.05) is 37.8 Å². The van der Waals surface area contributed by atoms with Crippen LogP contribution in [-0.2, 0) is 6.54 Å². The Labute approximate surface area is 153 Å². The summed E-state index contributed by atoms with van der Waals surface area (Å²) >= 11 is 0. The molecule has 0 unspecified atom stereocenters. The lowest BCUT2D eigenvalue weighted by atomic mass is 10.1. The number of likely N-dealkylation sites (tertiary alicyclic amines) is 1. The average Bonchev–Trinajstić information content (AvgIpc) is 3.50. The van der Waals surface area contributed by atoms with Crippen molar-refractivity contribution in [3.8, 4) is 0 Å². The fourth-order valence-corrected chi connectivity index (χ4v) is 4.05. The predicted octanol–water partition coefficient (Wildman–Crippen LogP) is 0.756. The number of carbonyl (C=O) groups is 1. The molecule has 0 bridgehead atoms. The molecule has 2 saturated carbocycles. The number of H-pyrrole nitrogens is 1. The number of aromatic amines is 1. The first-order valence-electron chi connectivity index (χ1n) is 9.61. The summed E-state index contributed by atoms with van der Waals surface area (Å²) in [6.45, 7) is 2.03. The number of aromatic nitrogens is 2. The Morgan fingerprint density at radius 1 is 1.38 bits per heavy atom. The van der Waals surface area contributed by atoms with Crippen LogP contribution in [0.4, 0.5) is 10.7 Å². The van der Waals surface area contributed by atoms with Gasteiger partial charge < -0.3 is 16.0 Å². The molecule has 2 amide bonds. The lowest BCUT2D eigenvalue weighted by Gasteiger charge is -2.26. The molecule has 3 fully saturated rings. The first kappa shape index (κ1) is 17.3. The molecule has 1 aliphatic heterocycles. The Morgan fingerprint density at radius 2 is 2.08 bits per heavy atom. The van der Waals surface area contributed by atoms with Gasteiger partial charge in [-0.25, -0.2) is 9.78 Å². The zero-order valence-corrected chi connectivity index (χ0v) is 15.3. The van der Waals surface area contributed by atoms with E-state index in [9.17, 15) is 9.59 Å². The molecule has 1 saturated heterocycles. The van der Waals surface area contributed by atoms with E-state index in [0.717, 1.165) is 13.0 Å². The van der Waals surface area contributed by atoms with Crippen molar-refractivity contribution in [1.29, 1.82) is 0 Å². The van der Waals surface area contributed by atoms with Gasteiger partial charge in [0.05, 0.1) is 5.69 Å². The molecule has 8 nitrogen and oxygen atoms in total. The Kier molecular flexibility index (Phi) is 4.60. The molecular weight excluding hydrogens is 332 g/mol. The van der Waals surface area contributed by atoms with Crippen LogP contribution in [-0.4, -0.2) is 58.0 Å². The number of amides is 2. The molecular formula is C18H28N6O2. The van der Waals surface area contributed by atoms with Gasteiger partial charge >= 0.3 is 6.03 Å². The van der Waals surface area contributed by atoms with Crippen molar-refractivity contribution in [1.82, 2.24) is 25.1 Å². The van der Waals surface area contributed by atoms with Crippen molar-refractivity contribution in [2.75, 3.05) is 25.9 Å². The number of nitrogen functional groups attached to an aromatic ring is 1. The van der Waals surface area contributed by atoms with Crippen molar-refractivity contribution in [2.24, 2.45) is 11.8 Å². The van der Waals surface area contributed by atoms with Crippen molar-refractivity contribution >= 4 is 12.0 Å². The van der Waals surface area contributed by atoms with E-state index in [0.29, 0.717) is 36.7 Å². The van der Waals surface area contributed by atoms with Crippen LogP contribution < -0.4 is 16.6 Å². The fourth-order valence-electron chi connectivity index (χ4n) is 4.05. The molecule has 8 heteroatoms. The zero-order valence-electron chi connectivity index (χ0n) is 15.3. The highest BCUT2D eigenvalue weighted by molar-refractivity contribution is 5.75. The molecule has 1 aromatic rings. The molecule has 0 radical (unpaired) electrons. The molecule has 0 aromatic carbocycles. The number of anilines is 1. The second-order valence-electron chi connectivity index (χ2n) is 8.08. The van der Waals surface area contributed by atoms with Gasteiger partial charge in [-0.15, -0.1) is 0 Å². The summed E-state index contributed by atoms with van der Waals surface area (Å²) in [5, 5.41) is 3.30. The molecule has 3 aliphatic rings. The van der Waals surface area contributed by atoms with E-state index in [2.05, 4.69) is 20.2 Å². The van der Waals surface area contributed by atoms with Crippen molar-refractivity contribution in [3.05, 3.63) is 22.1 Å². The quantitative estimate of drug-likeness (QED) is 0.694. The number of likely N-dealkylation sites (N-methyl/N-ethyl adjacent to an activating group) is 1. The van der Waals surface area contributed by atoms with Gasteiger partial charge in [0.25, 0.3) is 5.56 Å². The number of nitrogens with one attached hydrogen (secondary N) is 2. The predicted molar refractivity (Wildman–Crippen MR) is 98.5 cm³/mol. The maximum absolute atomic E-state index is 12.7. The topological polar surface area (TPSA) is 107 Å². The highest BCUT2D eigenvalue weighted by Gasteiger charge is 2.43. The van der Waals surface area contributed by atoms with E-state index in [4.69, 9.17) is 5.73 Å². The van der Waals surface area contributed by atoms with E-state index in [1.807, 2.05) is 11.9 Å². The second-order valence-corrected chi connectivity index (χ2v) is 8.08.